The Balaban J connectivity index is 0.00000552. The van der Waals surface area contributed by atoms with Crippen LogP contribution in [-0.2, 0) is 20.6 Å². The van der Waals surface area contributed by atoms with Crippen LogP contribution in [0.15, 0.2) is 51.2 Å². The fourth-order valence-electron chi connectivity index (χ4n) is 5.05. The number of nitrogens with one attached hydrogen (secondary N) is 1. The average Bonchev–Trinajstić information content (AvgIpc) is 2.94. The van der Waals surface area contributed by atoms with E-state index >= 15 is 0 Å². The first-order valence-corrected chi connectivity index (χ1v) is 13.7. The predicted molar refractivity (Wildman–Crippen MR) is 157 cm³/mol. The van der Waals surface area contributed by atoms with Crippen molar-refractivity contribution in [3.63, 3.8) is 0 Å². The summed E-state index contributed by atoms with van der Waals surface area (Å²) in [5.74, 6) is -1.38. The second-order valence-electron chi connectivity index (χ2n) is 11.2. The Morgan fingerprint density at radius 3 is 2.51 bits per heavy atom. The van der Waals surface area contributed by atoms with Crippen molar-refractivity contribution in [2.45, 2.75) is 71.2 Å². The number of fused-ring (bicyclic) bond motifs is 1. The van der Waals surface area contributed by atoms with Gasteiger partial charge in [-0.3, -0.25) is 4.79 Å². The number of hydrogen-bond acceptors (Lipinski definition) is 11. The quantitative estimate of drug-likeness (QED) is 0.148. The summed E-state index contributed by atoms with van der Waals surface area (Å²) in [4.78, 5) is 37.5. The third-order valence-electron chi connectivity index (χ3n) is 7.31. The number of hydrogen-bond donors (Lipinski definition) is 4. The summed E-state index contributed by atoms with van der Waals surface area (Å²) < 4.78 is 27.8. The van der Waals surface area contributed by atoms with Gasteiger partial charge in [0.05, 0.1) is 11.0 Å². The SMILES string of the molecule is CO[C@@H]1[C@H](OC(N)=O)[C@@H](O)[C@H](Oc2ccc3c(O)c(NC(=O)c4ccc([O-])c(CC=C(C)C)c4)c(=O)oc3c2C)OC1(C)C.[Na+]. The minimum atomic E-state index is -1.52. The second kappa shape index (κ2) is 14.2. The molecule has 236 valence electrons. The number of nitrogens with two attached hydrogens (primary N) is 1. The van der Waals surface area contributed by atoms with Gasteiger partial charge in [-0.2, -0.15) is 0 Å². The van der Waals surface area contributed by atoms with Crippen molar-refractivity contribution >= 4 is 28.7 Å². The average molecular weight is 635 g/mol. The van der Waals surface area contributed by atoms with E-state index in [1.807, 2.05) is 19.9 Å². The number of methoxy groups -OCH3 is 1. The molecule has 0 aliphatic carbocycles. The molecule has 4 atom stereocenters. The number of aliphatic hydroxyl groups is 1. The summed E-state index contributed by atoms with van der Waals surface area (Å²) in [7, 11) is 1.37. The van der Waals surface area contributed by atoms with Crippen LogP contribution in [-0.4, -0.2) is 59.5 Å². The zero-order chi connectivity index (χ0) is 32.5. The number of amides is 2. The van der Waals surface area contributed by atoms with Crippen molar-refractivity contribution in [3.8, 4) is 17.2 Å². The molecule has 0 spiro atoms. The van der Waals surface area contributed by atoms with Gasteiger partial charge in [-0.1, -0.05) is 29.3 Å². The van der Waals surface area contributed by atoms with Crippen molar-refractivity contribution < 1.29 is 77.8 Å². The van der Waals surface area contributed by atoms with Crippen molar-refractivity contribution in [1.29, 1.82) is 0 Å². The number of aryl methyl sites for hydroxylation is 1. The Bertz CT molecular complexity index is 1680. The number of ether oxygens (including phenoxy) is 4. The zero-order valence-electron chi connectivity index (χ0n) is 26.1. The van der Waals surface area contributed by atoms with E-state index in [2.05, 4.69) is 5.32 Å². The number of aromatic hydroxyl groups is 1. The van der Waals surface area contributed by atoms with Crippen LogP contribution in [0.3, 0.4) is 0 Å². The summed E-state index contributed by atoms with van der Waals surface area (Å²) in [5.41, 5.74) is 4.31. The number of allylic oxidation sites excluding steroid dienone is 2. The monoisotopic (exact) mass is 634 g/mol. The van der Waals surface area contributed by atoms with Gasteiger partial charge in [0.15, 0.2) is 23.6 Å². The molecule has 2 aromatic carbocycles. The minimum Gasteiger partial charge on any atom is -0.872 e. The van der Waals surface area contributed by atoms with Crippen LogP contribution in [0, 0.1) is 6.92 Å². The fraction of sp³-hybridized carbons (Fsp3) is 0.387. The van der Waals surface area contributed by atoms with Crippen LogP contribution in [0.2, 0.25) is 0 Å². The summed E-state index contributed by atoms with van der Waals surface area (Å²) in [5, 5.41) is 36.6. The standard InChI is InChI=1S/C31H36N2O11.Na/c1-14(2)7-8-16-13-17(9-11-19(16)34)27(37)33-21-22(35)18-10-12-20(15(3)24(18)42-28(21)38)41-29-23(36)25(43-30(32)39)26(40-6)31(4,5)44-29;/h7,9-13,23,25-26,29,34-36H,8H2,1-6H3,(H2,32,39)(H,33,37);/q;+1/p-1/t23-,25-,26-,29-;/m1./s1. The summed E-state index contributed by atoms with van der Waals surface area (Å²) in [6.45, 7) is 8.63. The Labute approximate surface area is 281 Å². The number of benzene rings is 2. The van der Waals surface area contributed by atoms with Crippen LogP contribution in [0.4, 0.5) is 10.5 Å². The minimum absolute atomic E-state index is 0. The van der Waals surface area contributed by atoms with Gasteiger partial charge in [0.2, 0.25) is 6.29 Å². The molecule has 1 aliphatic heterocycles. The molecule has 2 amide bonds. The second-order valence-corrected chi connectivity index (χ2v) is 11.2. The van der Waals surface area contributed by atoms with E-state index in [0.29, 0.717) is 12.0 Å². The molecule has 0 radical (unpaired) electrons. The molecule has 13 nitrogen and oxygen atoms in total. The third kappa shape index (κ3) is 7.63. The summed E-state index contributed by atoms with van der Waals surface area (Å²) in [6, 6.07) is 6.87. The number of carbonyl (C=O) groups is 2. The molecule has 2 heterocycles. The largest absolute Gasteiger partial charge is 1.00 e. The maximum absolute atomic E-state index is 13.0. The van der Waals surface area contributed by atoms with Crippen LogP contribution >= 0.6 is 0 Å². The topological polar surface area (TPSA) is 203 Å². The maximum atomic E-state index is 13.0. The van der Waals surface area contributed by atoms with Crippen LogP contribution in [0.25, 0.3) is 11.0 Å². The van der Waals surface area contributed by atoms with Crippen LogP contribution < -0.4 is 56.1 Å². The van der Waals surface area contributed by atoms with Gasteiger partial charge in [0.25, 0.3) is 5.91 Å². The predicted octanol–water partition coefficient (Wildman–Crippen LogP) is -0.000880. The summed E-state index contributed by atoms with van der Waals surface area (Å²) in [6.07, 6.45) is -3.93. The van der Waals surface area contributed by atoms with Crippen molar-refractivity contribution in [2.24, 2.45) is 5.73 Å². The number of primary amides is 1. The molecule has 5 N–H and O–H groups in total. The van der Waals surface area contributed by atoms with E-state index in [4.69, 9.17) is 29.1 Å². The van der Waals surface area contributed by atoms with Gasteiger partial charge < -0.3 is 49.7 Å². The number of anilines is 1. The summed E-state index contributed by atoms with van der Waals surface area (Å²) >= 11 is 0. The van der Waals surface area contributed by atoms with Crippen molar-refractivity contribution in [3.05, 3.63) is 69.1 Å². The number of carbonyl (C=O) groups excluding carboxylic acids is 2. The van der Waals surface area contributed by atoms with Gasteiger partial charge in [-0.25, -0.2) is 9.59 Å². The smallest absolute Gasteiger partial charge is 0.872 e. The van der Waals surface area contributed by atoms with Gasteiger partial charge in [0.1, 0.15) is 17.4 Å². The number of aliphatic hydroxyl groups excluding tert-OH is 1. The molecule has 1 fully saturated rings. The first kappa shape index (κ1) is 35.9. The molecule has 0 saturated carbocycles. The molecular formula is C31H35N2NaO11. The molecule has 3 aromatic rings. The fourth-order valence-corrected chi connectivity index (χ4v) is 5.05. The van der Waals surface area contributed by atoms with Gasteiger partial charge >= 0.3 is 41.3 Å². The Kier molecular flexibility index (Phi) is 11.3. The van der Waals surface area contributed by atoms with E-state index in [9.17, 15) is 29.7 Å². The van der Waals surface area contributed by atoms with Crippen molar-refractivity contribution in [2.75, 3.05) is 12.4 Å². The van der Waals surface area contributed by atoms with E-state index in [1.54, 1.807) is 20.8 Å². The van der Waals surface area contributed by atoms with Gasteiger partial charge in [-0.05, 0) is 59.2 Å². The molecule has 45 heavy (non-hydrogen) atoms. The molecule has 0 bridgehead atoms. The molecule has 1 aromatic heterocycles. The van der Waals surface area contributed by atoms with E-state index in [1.165, 1.54) is 37.4 Å². The Hall–Kier alpha value is -3.59. The van der Waals surface area contributed by atoms with Crippen LogP contribution in [0.1, 0.15) is 49.2 Å². The molecule has 1 aliphatic rings. The zero-order valence-corrected chi connectivity index (χ0v) is 28.1. The van der Waals surface area contributed by atoms with Gasteiger partial charge in [-0.15, -0.1) is 5.75 Å². The third-order valence-corrected chi connectivity index (χ3v) is 7.31. The van der Waals surface area contributed by atoms with E-state index < -0.39 is 59.3 Å². The number of rotatable bonds is 8. The van der Waals surface area contributed by atoms with Gasteiger partial charge in [0, 0.05) is 18.2 Å². The Morgan fingerprint density at radius 2 is 1.89 bits per heavy atom. The molecule has 0 unspecified atom stereocenters. The molecular weight excluding hydrogens is 599 g/mol. The van der Waals surface area contributed by atoms with Crippen LogP contribution in [0.5, 0.6) is 17.2 Å². The van der Waals surface area contributed by atoms with Crippen molar-refractivity contribution in [1.82, 2.24) is 0 Å². The molecule has 1 saturated heterocycles. The maximum Gasteiger partial charge on any atom is 1.00 e. The van der Waals surface area contributed by atoms with E-state index in [0.717, 1.165) is 5.57 Å². The normalized spacial score (nSPS) is 20.5. The van der Waals surface area contributed by atoms with E-state index in [-0.39, 0.29) is 63.2 Å². The Morgan fingerprint density at radius 1 is 1.20 bits per heavy atom. The first-order valence-electron chi connectivity index (χ1n) is 13.7. The molecule has 4 rings (SSSR count). The molecule has 14 heteroatoms. The first-order chi connectivity index (χ1) is 20.6.